The van der Waals surface area contributed by atoms with E-state index >= 15 is 0 Å². The third kappa shape index (κ3) is 5.37. The number of halogens is 3. The fourth-order valence-electron chi connectivity index (χ4n) is 3.04. The molecule has 1 aliphatic rings. The summed E-state index contributed by atoms with van der Waals surface area (Å²) in [5, 5.41) is 7.92. The first kappa shape index (κ1) is 20.4. The Morgan fingerprint density at radius 2 is 2.07 bits per heavy atom. The summed E-state index contributed by atoms with van der Waals surface area (Å²) in [7, 11) is 0. The van der Waals surface area contributed by atoms with Crippen molar-refractivity contribution in [2.45, 2.75) is 39.0 Å². The van der Waals surface area contributed by atoms with Gasteiger partial charge in [-0.25, -0.2) is 9.98 Å². The first-order valence-electron chi connectivity index (χ1n) is 9.23. The highest BCUT2D eigenvalue weighted by Crippen LogP contribution is 2.30. The van der Waals surface area contributed by atoms with Crippen molar-refractivity contribution in [3.05, 3.63) is 45.9 Å². The molecule has 1 aliphatic heterocycles. The Hall–Kier alpha value is -2.29. The van der Waals surface area contributed by atoms with Crippen LogP contribution in [0.4, 0.5) is 18.9 Å². The van der Waals surface area contributed by atoms with Gasteiger partial charge in [-0.2, -0.15) is 13.2 Å². The molecular formula is C19H24F3N5S. The maximum absolute atomic E-state index is 12.7. The number of aromatic nitrogens is 1. The van der Waals surface area contributed by atoms with Gasteiger partial charge in [-0.05, 0) is 32.4 Å². The molecule has 9 heteroatoms. The van der Waals surface area contributed by atoms with Crippen molar-refractivity contribution in [1.82, 2.24) is 15.6 Å². The lowest BCUT2D eigenvalue weighted by atomic mass is 10.2. The van der Waals surface area contributed by atoms with Gasteiger partial charge in [0.1, 0.15) is 5.01 Å². The van der Waals surface area contributed by atoms with Gasteiger partial charge in [0.15, 0.2) is 11.7 Å². The van der Waals surface area contributed by atoms with Crippen LogP contribution in [0.5, 0.6) is 0 Å². The van der Waals surface area contributed by atoms with Crippen LogP contribution in [0.3, 0.4) is 0 Å². The number of thiazole rings is 1. The molecular weight excluding hydrogens is 387 g/mol. The van der Waals surface area contributed by atoms with Gasteiger partial charge < -0.3 is 15.5 Å². The minimum Gasteiger partial charge on any atom is -0.369 e. The van der Waals surface area contributed by atoms with Gasteiger partial charge in [0.25, 0.3) is 0 Å². The number of anilines is 1. The highest BCUT2D eigenvalue weighted by atomic mass is 32.1. The second kappa shape index (κ2) is 8.81. The molecule has 0 aliphatic carbocycles. The molecule has 2 N–H and O–H groups in total. The second-order valence-electron chi connectivity index (χ2n) is 6.73. The largest absolute Gasteiger partial charge is 0.434 e. The molecule has 0 saturated carbocycles. The van der Waals surface area contributed by atoms with Crippen molar-refractivity contribution in [3.63, 3.8) is 0 Å². The van der Waals surface area contributed by atoms with E-state index < -0.39 is 11.9 Å². The maximum atomic E-state index is 12.7. The quantitative estimate of drug-likeness (QED) is 0.580. The molecule has 1 unspecified atom stereocenters. The van der Waals surface area contributed by atoms with Crippen LogP contribution in [0.15, 0.2) is 34.6 Å². The summed E-state index contributed by atoms with van der Waals surface area (Å²) in [5.74, 6) is 0.599. The number of hydrogen-bond donors (Lipinski definition) is 2. The van der Waals surface area contributed by atoms with Crippen molar-refractivity contribution in [2.24, 2.45) is 4.99 Å². The predicted molar refractivity (Wildman–Crippen MR) is 107 cm³/mol. The van der Waals surface area contributed by atoms with Gasteiger partial charge >= 0.3 is 6.18 Å². The number of rotatable bonds is 5. The standard InChI is InChI=1S/C19H24F3N5S/c1-3-23-18(24-10-17-26-16(12-28-17)19(20,21)22)25-14-8-9-27(11-14)15-6-4-13(2)5-7-15/h4-7,12,14H,3,8-11H2,1-2H3,(H2,23,24,25). The van der Waals surface area contributed by atoms with Crippen LogP contribution in [0.1, 0.15) is 29.6 Å². The third-order valence-corrected chi connectivity index (χ3v) is 5.32. The van der Waals surface area contributed by atoms with Crippen LogP contribution >= 0.6 is 11.3 Å². The van der Waals surface area contributed by atoms with Crippen molar-refractivity contribution < 1.29 is 13.2 Å². The number of aryl methyl sites for hydroxylation is 1. The van der Waals surface area contributed by atoms with Gasteiger partial charge in [-0.15, -0.1) is 11.3 Å². The van der Waals surface area contributed by atoms with Crippen LogP contribution in [0, 0.1) is 6.92 Å². The summed E-state index contributed by atoms with van der Waals surface area (Å²) in [6.07, 6.45) is -3.45. The van der Waals surface area contributed by atoms with Crippen LogP contribution in [-0.2, 0) is 12.7 Å². The van der Waals surface area contributed by atoms with E-state index in [1.807, 2.05) is 6.92 Å². The normalized spacial score (nSPS) is 17.8. The molecule has 1 fully saturated rings. The summed E-state index contributed by atoms with van der Waals surface area (Å²) in [5.41, 5.74) is 1.57. The van der Waals surface area contributed by atoms with E-state index in [4.69, 9.17) is 0 Å². The second-order valence-corrected chi connectivity index (χ2v) is 7.67. The van der Waals surface area contributed by atoms with Crippen LogP contribution in [0.2, 0.25) is 0 Å². The van der Waals surface area contributed by atoms with E-state index in [0.29, 0.717) is 17.5 Å². The fourth-order valence-corrected chi connectivity index (χ4v) is 3.77. The van der Waals surface area contributed by atoms with Gasteiger partial charge in [-0.3, -0.25) is 0 Å². The average Bonchev–Trinajstić information content (AvgIpc) is 3.30. The Balaban J connectivity index is 1.59. The molecule has 0 radical (unpaired) electrons. The Bertz CT molecular complexity index is 801. The Morgan fingerprint density at radius 1 is 1.32 bits per heavy atom. The first-order chi connectivity index (χ1) is 13.3. The number of nitrogens with one attached hydrogen (secondary N) is 2. The number of hydrogen-bond acceptors (Lipinski definition) is 4. The van der Waals surface area contributed by atoms with E-state index in [0.717, 1.165) is 36.2 Å². The summed E-state index contributed by atoms with van der Waals surface area (Å²) in [6.45, 7) is 6.61. The summed E-state index contributed by atoms with van der Waals surface area (Å²) >= 11 is 0.976. The van der Waals surface area contributed by atoms with E-state index in [9.17, 15) is 13.2 Å². The molecule has 1 aromatic carbocycles. The van der Waals surface area contributed by atoms with Crippen molar-refractivity contribution >= 4 is 23.0 Å². The van der Waals surface area contributed by atoms with Crippen LogP contribution in [0.25, 0.3) is 0 Å². The SMILES string of the molecule is CCNC(=NCc1nc(C(F)(F)F)cs1)NC1CCN(c2ccc(C)cc2)C1. The van der Waals surface area contributed by atoms with Crippen molar-refractivity contribution in [2.75, 3.05) is 24.5 Å². The highest BCUT2D eigenvalue weighted by Gasteiger charge is 2.33. The van der Waals surface area contributed by atoms with Gasteiger partial charge in [0, 0.05) is 36.7 Å². The maximum Gasteiger partial charge on any atom is 0.434 e. The Morgan fingerprint density at radius 3 is 2.71 bits per heavy atom. The third-order valence-electron chi connectivity index (χ3n) is 4.49. The molecule has 1 aromatic heterocycles. The van der Waals surface area contributed by atoms with E-state index in [1.54, 1.807) is 0 Å². The predicted octanol–water partition coefficient (Wildman–Crippen LogP) is 3.80. The monoisotopic (exact) mass is 411 g/mol. The highest BCUT2D eigenvalue weighted by molar-refractivity contribution is 7.09. The molecule has 152 valence electrons. The molecule has 1 saturated heterocycles. The minimum atomic E-state index is -4.41. The van der Waals surface area contributed by atoms with Gasteiger partial charge in [0.05, 0.1) is 6.54 Å². The van der Waals surface area contributed by atoms with E-state index in [1.165, 1.54) is 11.3 Å². The van der Waals surface area contributed by atoms with Gasteiger partial charge in [0.2, 0.25) is 0 Å². The number of alkyl halides is 3. The fraction of sp³-hybridized carbons (Fsp3) is 0.474. The lowest BCUT2D eigenvalue weighted by Crippen LogP contribution is -2.44. The smallest absolute Gasteiger partial charge is 0.369 e. The molecule has 0 amide bonds. The summed E-state index contributed by atoms with van der Waals surface area (Å²) in [4.78, 5) is 10.4. The number of guanidine groups is 1. The molecule has 28 heavy (non-hydrogen) atoms. The molecule has 1 atom stereocenters. The Labute approximate surface area is 166 Å². The number of nitrogens with zero attached hydrogens (tertiary/aromatic N) is 3. The topological polar surface area (TPSA) is 52.6 Å². The zero-order chi connectivity index (χ0) is 20.1. The Kier molecular flexibility index (Phi) is 6.43. The molecule has 3 rings (SSSR count). The molecule has 2 aromatic rings. The first-order valence-corrected chi connectivity index (χ1v) is 10.1. The molecule has 2 heterocycles. The molecule has 0 bridgehead atoms. The average molecular weight is 411 g/mol. The van der Waals surface area contributed by atoms with E-state index in [-0.39, 0.29) is 12.6 Å². The molecule has 0 spiro atoms. The zero-order valence-electron chi connectivity index (χ0n) is 15.9. The number of benzene rings is 1. The van der Waals surface area contributed by atoms with Crippen molar-refractivity contribution in [3.8, 4) is 0 Å². The summed E-state index contributed by atoms with van der Waals surface area (Å²) in [6, 6.07) is 8.67. The van der Waals surface area contributed by atoms with Gasteiger partial charge in [-0.1, -0.05) is 17.7 Å². The zero-order valence-corrected chi connectivity index (χ0v) is 16.7. The van der Waals surface area contributed by atoms with E-state index in [2.05, 4.69) is 56.7 Å². The minimum absolute atomic E-state index is 0.116. The summed E-state index contributed by atoms with van der Waals surface area (Å²) < 4.78 is 38.0. The lowest BCUT2D eigenvalue weighted by molar-refractivity contribution is -0.140. The van der Waals surface area contributed by atoms with Crippen LogP contribution in [-0.4, -0.2) is 36.6 Å². The molecule has 5 nitrogen and oxygen atoms in total. The number of aliphatic imine (C=N–C) groups is 1. The van der Waals surface area contributed by atoms with Crippen LogP contribution < -0.4 is 15.5 Å². The van der Waals surface area contributed by atoms with Crippen molar-refractivity contribution in [1.29, 1.82) is 0 Å². The lowest BCUT2D eigenvalue weighted by Gasteiger charge is -2.20.